The van der Waals surface area contributed by atoms with Crippen LogP contribution < -0.4 is 10.3 Å². The van der Waals surface area contributed by atoms with Gasteiger partial charge in [0.15, 0.2) is 0 Å². The molecule has 1 fully saturated rings. The van der Waals surface area contributed by atoms with Gasteiger partial charge in [-0.3, -0.25) is 4.72 Å². The number of hydrogen-bond donors (Lipinski definition) is 2. The van der Waals surface area contributed by atoms with Crippen LogP contribution in [0, 0.1) is 5.92 Å². The second kappa shape index (κ2) is 9.70. The molecule has 3 aromatic rings. The van der Waals surface area contributed by atoms with Gasteiger partial charge in [-0.1, -0.05) is 42.6 Å². The van der Waals surface area contributed by atoms with Crippen LogP contribution in [-0.2, 0) is 22.9 Å². The number of hydrogen-bond acceptors (Lipinski definition) is 5. The molecule has 1 unspecified atom stereocenters. The molecule has 2 aromatic carbocycles. The molecule has 0 spiro atoms. The molecular weight excluding hydrogens is 486 g/mol. The summed E-state index contributed by atoms with van der Waals surface area (Å²) in [6, 6.07) is 13.1. The molecular formula is C27H28ClNO5S. The monoisotopic (exact) mass is 513 g/mol. The van der Waals surface area contributed by atoms with Crippen LogP contribution in [0.2, 0.25) is 5.02 Å². The summed E-state index contributed by atoms with van der Waals surface area (Å²) in [5, 5.41) is 11.6. The van der Waals surface area contributed by atoms with Gasteiger partial charge in [-0.05, 0) is 73.9 Å². The number of benzene rings is 2. The van der Waals surface area contributed by atoms with E-state index in [1.54, 1.807) is 30.3 Å². The summed E-state index contributed by atoms with van der Waals surface area (Å²) in [4.78, 5) is 13.2. The molecule has 1 heterocycles. The molecule has 1 aromatic heterocycles. The Kier molecular flexibility index (Phi) is 6.64. The van der Waals surface area contributed by atoms with E-state index in [9.17, 15) is 18.3 Å². The lowest BCUT2D eigenvalue weighted by Crippen LogP contribution is -2.19. The van der Waals surface area contributed by atoms with E-state index >= 15 is 0 Å². The predicted molar refractivity (Wildman–Crippen MR) is 136 cm³/mol. The van der Waals surface area contributed by atoms with Crippen molar-refractivity contribution in [2.75, 3.05) is 4.72 Å². The van der Waals surface area contributed by atoms with E-state index in [-0.39, 0.29) is 22.5 Å². The molecule has 0 bridgehead atoms. The number of aromatic hydroxyl groups is 1. The van der Waals surface area contributed by atoms with E-state index in [1.165, 1.54) is 12.1 Å². The zero-order valence-corrected chi connectivity index (χ0v) is 20.9. The largest absolute Gasteiger partial charge is 0.507 e. The number of nitrogens with one attached hydrogen (secondary N) is 1. The lowest BCUT2D eigenvalue weighted by Gasteiger charge is -2.22. The third-order valence-corrected chi connectivity index (χ3v) is 8.52. The van der Waals surface area contributed by atoms with E-state index in [0.717, 1.165) is 49.7 Å². The predicted octanol–water partition coefficient (Wildman–Crippen LogP) is 6.00. The first-order chi connectivity index (χ1) is 16.8. The van der Waals surface area contributed by atoms with Gasteiger partial charge >= 0.3 is 5.63 Å². The van der Waals surface area contributed by atoms with Gasteiger partial charge in [-0.15, -0.1) is 0 Å². The third kappa shape index (κ3) is 5.11. The lowest BCUT2D eigenvalue weighted by molar-refractivity contribution is 0.382. The quantitative estimate of drug-likeness (QED) is 0.421. The highest BCUT2D eigenvalue weighted by atomic mass is 35.5. The van der Waals surface area contributed by atoms with Crippen molar-refractivity contribution in [1.82, 2.24) is 0 Å². The van der Waals surface area contributed by atoms with Crippen molar-refractivity contribution >= 4 is 27.3 Å². The van der Waals surface area contributed by atoms with Crippen molar-refractivity contribution in [3.8, 4) is 5.75 Å². The van der Waals surface area contributed by atoms with Crippen molar-refractivity contribution in [2.45, 2.75) is 62.2 Å². The Morgan fingerprint density at radius 3 is 2.49 bits per heavy atom. The van der Waals surface area contributed by atoms with Gasteiger partial charge in [0.2, 0.25) is 0 Å². The first-order valence-corrected chi connectivity index (χ1v) is 14.0. The molecule has 1 atom stereocenters. The summed E-state index contributed by atoms with van der Waals surface area (Å²) in [5.41, 5.74) is 1.70. The number of halogens is 1. The summed E-state index contributed by atoms with van der Waals surface area (Å²) >= 11 is 5.98. The van der Waals surface area contributed by atoms with Crippen LogP contribution in [0.25, 0.3) is 0 Å². The van der Waals surface area contributed by atoms with E-state index in [1.807, 2.05) is 6.07 Å². The number of anilines is 1. The highest BCUT2D eigenvalue weighted by Gasteiger charge is 2.38. The number of fused-ring (bicyclic) bond motifs is 1. The maximum absolute atomic E-state index is 13.1. The molecule has 8 heteroatoms. The number of rotatable bonds is 6. The normalized spacial score (nSPS) is 17.2. The minimum atomic E-state index is -3.85. The van der Waals surface area contributed by atoms with Crippen LogP contribution in [0.3, 0.4) is 0 Å². The van der Waals surface area contributed by atoms with Crippen LogP contribution in [0.5, 0.6) is 5.75 Å². The molecule has 6 nitrogen and oxygen atoms in total. The average Bonchev–Trinajstić information content (AvgIpc) is 3.63. The van der Waals surface area contributed by atoms with Gasteiger partial charge in [-0.2, -0.15) is 0 Å². The highest BCUT2D eigenvalue weighted by Crippen LogP contribution is 2.49. The Labute approximate surface area is 210 Å². The van der Waals surface area contributed by atoms with Gasteiger partial charge < -0.3 is 9.52 Å². The van der Waals surface area contributed by atoms with Crippen molar-refractivity contribution in [3.63, 3.8) is 0 Å². The molecule has 2 aliphatic rings. The van der Waals surface area contributed by atoms with Gasteiger partial charge in [0, 0.05) is 28.6 Å². The molecule has 0 aliphatic heterocycles. The number of sulfonamides is 1. The van der Waals surface area contributed by atoms with Crippen LogP contribution in [0.15, 0.2) is 62.6 Å². The smallest absolute Gasteiger partial charge is 0.343 e. The zero-order chi connectivity index (χ0) is 24.6. The first-order valence-electron chi connectivity index (χ1n) is 12.1. The van der Waals surface area contributed by atoms with E-state index in [4.69, 9.17) is 16.0 Å². The van der Waals surface area contributed by atoms with Crippen LogP contribution in [-0.4, -0.2) is 13.5 Å². The van der Waals surface area contributed by atoms with Crippen molar-refractivity contribution in [1.29, 1.82) is 0 Å². The van der Waals surface area contributed by atoms with Gasteiger partial charge in [-0.25, -0.2) is 13.2 Å². The van der Waals surface area contributed by atoms with Crippen molar-refractivity contribution in [2.24, 2.45) is 5.92 Å². The van der Waals surface area contributed by atoms with Gasteiger partial charge in [0.25, 0.3) is 10.0 Å². The average molecular weight is 514 g/mol. The summed E-state index contributed by atoms with van der Waals surface area (Å²) < 4.78 is 34.2. The molecule has 0 saturated heterocycles. The molecule has 1 saturated carbocycles. The second-order valence-corrected chi connectivity index (χ2v) is 11.6. The fourth-order valence-electron chi connectivity index (χ4n) is 5.04. The van der Waals surface area contributed by atoms with E-state index in [0.29, 0.717) is 34.9 Å². The lowest BCUT2D eigenvalue weighted by atomic mass is 9.85. The number of aryl methyl sites for hydroxylation is 1. The molecule has 2 N–H and O–H groups in total. The van der Waals surface area contributed by atoms with Gasteiger partial charge in [0.1, 0.15) is 11.5 Å². The Morgan fingerprint density at radius 1 is 1.00 bits per heavy atom. The fraction of sp³-hybridized carbons (Fsp3) is 0.370. The Hall–Kier alpha value is -2.77. The molecule has 184 valence electrons. The minimum absolute atomic E-state index is 0.0555. The summed E-state index contributed by atoms with van der Waals surface area (Å²) in [7, 11) is -3.85. The van der Waals surface area contributed by atoms with E-state index in [2.05, 4.69) is 4.72 Å². The summed E-state index contributed by atoms with van der Waals surface area (Å²) in [6.45, 7) is 0. The van der Waals surface area contributed by atoms with Crippen LogP contribution in [0.1, 0.15) is 66.9 Å². The maximum Gasteiger partial charge on any atom is 0.343 e. The molecule has 0 radical (unpaired) electrons. The Bertz CT molecular complexity index is 1410. The summed E-state index contributed by atoms with van der Waals surface area (Å²) in [6.07, 6.45) is 7.28. The molecule has 2 aliphatic carbocycles. The van der Waals surface area contributed by atoms with Crippen LogP contribution >= 0.6 is 11.6 Å². The fourth-order valence-corrected chi connectivity index (χ4v) is 6.39. The first kappa shape index (κ1) is 23.9. The van der Waals surface area contributed by atoms with Crippen molar-refractivity contribution in [3.05, 3.63) is 86.4 Å². The molecule has 35 heavy (non-hydrogen) atoms. The second-order valence-electron chi connectivity index (χ2n) is 9.47. The highest BCUT2D eigenvalue weighted by molar-refractivity contribution is 7.92. The Morgan fingerprint density at radius 2 is 1.74 bits per heavy atom. The molecule has 0 amide bonds. The van der Waals surface area contributed by atoms with Crippen molar-refractivity contribution < 1.29 is 17.9 Å². The zero-order valence-electron chi connectivity index (χ0n) is 19.3. The maximum atomic E-state index is 13.1. The SMILES string of the molecule is O=c1oc2c(c(O)c1C(c1cccc(NS(=O)(=O)c3cccc(Cl)c3)c1)C1CC1)CCCCCC2. The molecule has 5 rings (SSSR count). The minimum Gasteiger partial charge on any atom is -0.507 e. The Balaban J connectivity index is 1.52. The van der Waals surface area contributed by atoms with Crippen LogP contribution in [0.4, 0.5) is 5.69 Å². The topological polar surface area (TPSA) is 96.6 Å². The van der Waals surface area contributed by atoms with E-state index < -0.39 is 15.6 Å². The summed E-state index contributed by atoms with van der Waals surface area (Å²) in [5.74, 6) is 0.487. The van der Waals surface area contributed by atoms with Gasteiger partial charge in [0.05, 0.1) is 10.5 Å². The standard InChI is InChI=1S/C27H28ClNO5S/c28-19-8-6-10-21(16-19)35(32,33)29-20-9-5-7-18(15-20)24(17-13-14-17)25-26(30)22-11-3-1-2-4-12-23(22)34-27(25)31/h5-10,15-17,24,29-30H,1-4,11-14H2. The third-order valence-electron chi connectivity index (χ3n) is 6.90.